The molecular weight excluding hydrogens is 396 g/mol. The molecule has 3 aromatic carbocycles. The van der Waals surface area contributed by atoms with E-state index in [9.17, 15) is 4.79 Å². The highest BCUT2D eigenvalue weighted by atomic mass is 32.2. The first-order valence-corrected chi connectivity index (χ1v) is 11.3. The van der Waals surface area contributed by atoms with E-state index in [1.807, 2.05) is 23.6 Å². The Morgan fingerprint density at radius 2 is 1.90 bits per heavy atom. The molecule has 1 amide bonds. The molecule has 0 saturated carbocycles. The second kappa shape index (κ2) is 6.58. The quantitative estimate of drug-likeness (QED) is 0.425. The summed E-state index contributed by atoms with van der Waals surface area (Å²) >= 11 is 3.43. The van der Waals surface area contributed by atoms with Crippen LogP contribution in [0.25, 0.3) is 31.7 Å². The number of fused-ring (bicyclic) bond motifs is 3. The van der Waals surface area contributed by atoms with Gasteiger partial charge in [0.2, 0.25) is 5.91 Å². The van der Waals surface area contributed by atoms with Crippen LogP contribution in [0.3, 0.4) is 0 Å². The fourth-order valence-corrected chi connectivity index (χ4v) is 5.93. The molecule has 0 unspecified atom stereocenters. The Kier molecular flexibility index (Phi) is 3.86. The molecule has 29 heavy (non-hydrogen) atoms. The van der Waals surface area contributed by atoms with Crippen LogP contribution < -0.4 is 5.32 Å². The number of anilines is 1. The van der Waals surface area contributed by atoms with Crippen molar-refractivity contribution in [1.82, 2.24) is 0 Å². The number of hydrogen-bond acceptors (Lipinski definition) is 4. The van der Waals surface area contributed by atoms with Crippen LogP contribution in [0.4, 0.5) is 5.69 Å². The van der Waals surface area contributed by atoms with Gasteiger partial charge in [-0.15, -0.1) is 23.1 Å². The molecule has 6 rings (SSSR count). The highest BCUT2D eigenvalue weighted by molar-refractivity contribution is 8.00. The van der Waals surface area contributed by atoms with Gasteiger partial charge in [0.25, 0.3) is 0 Å². The molecular formula is C24H16N2OS2. The number of hydrogen-bond donors (Lipinski definition) is 1. The van der Waals surface area contributed by atoms with Gasteiger partial charge in [-0.25, -0.2) is 0 Å². The topological polar surface area (TPSA) is 41.5 Å². The van der Waals surface area contributed by atoms with Gasteiger partial charge in [-0.2, -0.15) is 0 Å². The first-order valence-electron chi connectivity index (χ1n) is 9.47. The summed E-state index contributed by atoms with van der Waals surface area (Å²) in [6.07, 6.45) is 1.99. The van der Waals surface area contributed by atoms with Crippen LogP contribution in [0.15, 0.2) is 70.6 Å². The number of nitrogens with one attached hydrogen (secondary N) is 1. The van der Waals surface area contributed by atoms with Crippen LogP contribution in [0.1, 0.15) is 11.1 Å². The summed E-state index contributed by atoms with van der Waals surface area (Å²) in [5, 5.41) is 4.24. The highest BCUT2D eigenvalue weighted by Crippen LogP contribution is 2.41. The average Bonchev–Trinajstić information content (AvgIpc) is 3.39. The van der Waals surface area contributed by atoms with Crippen LogP contribution in [0, 0.1) is 0 Å². The fourth-order valence-electron chi connectivity index (χ4n) is 3.98. The molecule has 3 heterocycles. The molecule has 0 spiro atoms. The maximum atomic E-state index is 11.6. The molecule has 4 aromatic rings. The minimum absolute atomic E-state index is 0.0658. The second-order valence-corrected chi connectivity index (χ2v) is 9.36. The second-order valence-electron chi connectivity index (χ2n) is 7.26. The van der Waals surface area contributed by atoms with Gasteiger partial charge in [0.05, 0.1) is 18.0 Å². The van der Waals surface area contributed by atoms with Gasteiger partial charge in [0, 0.05) is 20.7 Å². The molecule has 1 N–H and O–H groups in total. The van der Waals surface area contributed by atoms with Gasteiger partial charge < -0.3 is 5.32 Å². The Balaban J connectivity index is 1.50. The molecule has 0 fully saturated rings. The van der Waals surface area contributed by atoms with Gasteiger partial charge in [-0.1, -0.05) is 24.3 Å². The van der Waals surface area contributed by atoms with Crippen LogP contribution in [0.2, 0.25) is 0 Å². The maximum Gasteiger partial charge on any atom is 0.234 e. The Labute approximate surface area is 176 Å². The largest absolute Gasteiger partial charge is 0.324 e. The molecule has 0 aliphatic carbocycles. The van der Waals surface area contributed by atoms with Crippen molar-refractivity contribution >= 4 is 51.0 Å². The molecule has 0 bridgehead atoms. The Morgan fingerprint density at radius 3 is 2.83 bits per heavy atom. The van der Waals surface area contributed by atoms with E-state index in [1.54, 1.807) is 11.8 Å². The molecule has 2 aliphatic heterocycles. The Bertz CT molecular complexity index is 1300. The lowest BCUT2D eigenvalue weighted by Gasteiger charge is -2.18. The zero-order valence-electron chi connectivity index (χ0n) is 15.4. The van der Waals surface area contributed by atoms with Gasteiger partial charge in [-0.05, 0) is 69.6 Å². The molecule has 0 radical (unpaired) electrons. The first-order chi connectivity index (χ1) is 14.2. The summed E-state index contributed by atoms with van der Waals surface area (Å²) in [6, 6.07) is 21.6. The van der Waals surface area contributed by atoms with Gasteiger partial charge in [0.15, 0.2) is 0 Å². The van der Waals surface area contributed by atoms with E-state index in [0.717, 1.165) is 22.7 Å². The van der Waals surface area contributed by atoms with E-state index in [0.29, 0.717) is 5.75 Å². The minimum Gasteiger partial charge on any atom is -0.324 e. The standard InChI is InChI=1S/C24H16N2OS2/c27-24-13-28-23-9-14(5-6-20(23)26-24)16-7-17-11-25-12-19(17)18(8-16)22-10-15-3-1-2-4-21(15)29-22/h1-11H,12-13H2,(H,26,27). The smallest absolute Gasteiger partial charge is 0.234 e. The summed E-state index contributed by atoms with van der Waals surface area (Å²) in [7, 11) is 0. The molecule has 2 aliphatic rings. The lowest BCUT2D eigenvalue weighted by Crippen LogP contribution is -2.18. The summed E-state index contributed by atoms with van der Waals surface area (Å²) in [6.45, 7) is 0.741. The van der Waals surface area contributed by atoms with Crippen molar-refractivity contribution in [2.24, 2.45) is 4.99 Å². The van der Waals surface area contributed by atoms with Crippen molar-refractivity contribution in [1.29, 1.82) is 0 Å². The third-order valence-electron chi connectivity index (χ3n) is 5.40. The number of aliphatic imine (C=N–C) groups is 1. The number of carbonyl (C=O) groups excluding carboxylic acids is 1. The predicted octanol–water partition coefficient (Wildman–Crippen LogP) is 6.21. The lowest BCUT2D eigenvalue weighted by molar-refractivity contribution is -0.113. The normalized spacial score (nSPS) is 14.7. The van der Waals surface area contributed by atoms with E-state index >= 15 is 0 Å². The number of nitrogens with zero attached hydrogens (tertiary/aromatic N) is 1. The van der Waals surface area contributed by atoms with Crippen LogP contribution in [0.5, 0.6) is 0 Å². The van der Waals surface area contributed by atoms with E-state index in [4.69, 9.17) is 0 Å². The molecule has 0 atom stereocenters. The van der Waals surface area contributed by atoms with Crippen LogP contribution >= 0.6 is 23.1 Å². The van der Waals surface area contributed by atoms with E-state index in [1.165, 1.54) is 37.2 Å². The van der Waals surface area contributed by atoms with E-state index in [2.05, 4.69) is 64.9 Å². The zero-order chi connectivity index (χ0) is 19.4. The number of amides is 1. The molecule has 1 aromatic heterocycles. The molecule has 3 nitrogen and oxygen atoms in total. The maximum absolute atomic E-state index is 11.6. The van der Waals surface area contributed by atoms with Crippen molar-refractivity contribution in [2.75, 3.05) is 11.1 Å². The number of thiophene rings is 1. The monoisotopic (exact) mass is 412 g/mol. The van der Waals surface area contributed by atoms with Crippen molar-refractivity contribution in [2.45, 2.75) is 11.4 Å². The van der Waals surface area contributed by atoms with Crippen molar-refractivity contribution < 1.29 is 4.79 Å². The zero-order valence-corrected chi connectivity index (χ0v) is 17.1. The third kappa shape index (κ3) is 2.89. The van der Waals surface area contributed by atoms with Crippen molar-refractivity contribution in [3.63, 3.8) is 0 Å². The Hall–Kier alpha value is -2.89. The summed E-state index contributed by atoms with van der Waals surface area (Å²) < 4.78 is 1.31. The summed E-state index contributed by atoms with van der Waals surface area (Å²) in [5.74, 6) is 0.538. The van der Waals surface area contributed by atoms with E-state index in [-0.39, 0.29) is 5.91 Å². The summed E-state index contributed by atoms with van der Waals surface area (Å²) in [4.78, 5) is 18.6. The van der Waals surface area contributed by atoms with Gasteiger partial charge in [-0.3, -0.25) is 9.79 Å². The van der Waals surface area contributed by atoms with Crippen LogP contribution in [-0.2, 0) is 11.3 Å². The number of thioether (sulfide) groups is 1. The number of carbonyl (C=O) groups is 1. The summed E-state index contributed by atoms with van der Waals surface area (Å²) in [5.41, 5.74) is 7.04. The Morgan fingerprint density at radius 1 is 0.966 bits per heavy atom. The number of rotatable bonds is 2. The molecule has 5 heteroatoms. The molecule has 0 saturated heterocycles. The highest BCUT2D eigenvalue weighted by Gasteiger charge is 2.19. The van der Waals surface area contributed by atoms with Gasteiger partial charge in [0.1, 0.15) is 0 Å². The predicted molar refractivity (Wildman–Crippen MR) is 123 cm³/mol. The lowest BCUT2D eigenvalue weighted by atomic mass is 9.94. The van der Waals surface area contributed by atoms with Gasteiger partial charge >= 0.3 is 0 Å². The molecule has 140 valence electrons. The minimum atomic E-state index is 0.0658. The fraction of sp³-hybridized carbons (Fsp3) is 0.0833. The SMILES string of the molecule is O=C1CSc2cc(-c3cc4c(c(-c5cc6ccccc6s5)c3)CN=C4)ccc2N1. The third-order valence-corrected chi connectivity index (χ3v) is 7.61. The van der Waals surface area contributed by atoms with Crippen LogP contribution in [-0.4, -0.2) is 17.9 Å². The van der Waals surface area contributed by atoms with Crippen molar-refractivity contribution in [3.05, 3.63) is 71.8 Å². The van der Waals surface area contributed by atoms with E-state index < -0.39 is 0 Å². The average molecular weight is 413 g/mol. The van der Waals surface area contributed by atoms with Crippen molar-refractivity contribution in [3.8, 4) is 21.6 Å². The first kappa shape index (κ1) is 17.0. The number of benzene rings is 3.